The van der Waals surface area contributed by atoms with Gasteiger partial charge in [-0.15, -0.1) is 12.3 Å². The standard InChI is InChI=1S/C8H16.C3H4.C2H6/c1-2-4-6-8-7-5-3-1;1-3-2;1-2/h1-8H2;1H,2H3;1-2H3. The maximum atomic E-state index is 4.60. The van der Waals surface area contributed by atoms with Gasteiger partial charge in [0.1, 0.15) is 0 Å². The SMILES string of the molecule is C#CC.C1CCCCCCC1.CC. The van der Waals surface area contributed by atoms with Crippen molar-refractivity contribution >= 4 is 0 Å². The summed E-state index contributed by atoms with van der Waals surface area (Å²) < 4.78 is 0. The summed E-state index contributed by atoms with van der Waals surface area (Å²) in [7, 11) is 0. The fraction of sp³-hybridized carbons (Fsp3) is 0.846. The van der Waals surface area contributed by atoms with E-state index >= 15 is 0 Å². The third kappa shape index (κ3) is 18.5. The molecule has 0 spiro atoms. The van der Waals surface area contributed by atoms with Crippen LogP contribution in [0, 0.1) is 12.3 Å². The first kappa shape index (κ1) is 15.1. The molecule has 0 atom stereocenters. The second kappa shape index (κ2) is 17.6. The second-order valence-electron chi connectivity index (χ2n) is 3.12. The van der Waals surface area contributed by atoms with Crippen molar-refractivity contribution in [3.05, 3.63) is 0 Å². The first-order valence-corrected chi connectivity index (χ1v) is 5.79. The lowest BCUT2D eigenvalue weighted by atomic mass is 10.0. The molecule has 1 aliphatic carbocycles. The quantitative estimate of drug-likeness (QED) is 0.473. The Morgan fingerprint density at radius 1 is 0.692 bits per heavy atom. The first-order valence-electron chi connectivity index (χ1n) is 5.79. The Morgan fingerprint density at radius 3 is 0.846 bits per heavy atom. The molecule has 0 aromatic rings. The van der Waals surface area contributed by atoms with Crippen LogP contribution in [0.3, 0.4) is 0 Å². The van der Waals surface area contributed by atoms with Crippen molar-refractivity contribution in [2.75, 3.05) is 0 Å². The number of rotatable bonds is 0. The van der Waals surface area contributed by atoms with Crippen molar-refractivity contribution in [1.29, 1.82) is 0 Å². The van der Waals surface area contributed by atoms with Crippen molar-refractivity contribution in [3.8, 4) is 12.3 Å². The van der Waals surface area contributed by atoms with Gasteiger partial charge in [0.2, 0.25) is 0 Å². The lowest BCUT2D eigenvalue weighted by Crippen LogP contribution is -1.85. The largest absolute Gasteiger partial charge is 0.120 e. The van der Waals surface area contributed by atoms with Crippen LogP contribution in [0.5, 0.6) is 0 Å². The van der Waals surface area contributed by atoms with E-state index in [0.717, 1.165) is 0 Å². The minimum Gasteiger partial charge on any atom is -0.120 e. The van der Waals surface area contributed by atoms with Crippen LogP contribution in [-0.4, -0.2) is 0 Å². The Morgan fingerprint density at radius 2 is 0.769 bits per heavy atom. The average Bonchev–Trinajstić information content (AvgIpc) is 2.07. The van der Waals surface area contributed by atoms with Crippen molar-refractivity contribution < 1.29 is 0 Å². The van der Waals surface area contributed by atoms with Crippen LogP contribution in [0.2, 0.25) is 0 Å². The summed E-state index contributed by atoms with van der Waals surface area (Å²) in [6, 6.07) is 0. The van der Waals surface area contributed by atoms with Crippen LogP contribution in [-0.2, 0) is 0 Å². The van der Waals surface area contributed by atoms with Gasteiger partial charge in [-0.25, -0.2) is 0 Å². The topological polar surface area (TPSA) is 0 Å². The predicted octanol–water partition coefficient (Wildman–Crippen LogP) is 4.79. The molecule has 0 amide bonds. The molecule has 0 aromatic carbocycles. The van der Waals surface area contributed by atoms with Gasteiger partial charge in [-0.2, -0.15) is 0 Å². The summed E-state index contributed by atoms with van der Waals surface area (Å²) in [6.07, 6.45) is 16.6. The summed E-state index contributed by atoms with van der Waals surface area (Å²) >= 11 is 0. The highest BCUT2D eigenvalue weighted by Crippen LogP contribution is 2.15. The lowest BCUT2D eigenvalue weighted by molar-refractivity contribution is 0.504. The van der Waals surface area contributed by atoms with Gasteiger partial charge in [0.05, 0.1) is 0 Å². The molecule has 1 saturated carbocycles. The van der Waals surface area contributed by atoms with Crippen molar-refractivity contribution in [3.63, 3.8) is 0 Å². The zero-order chi connectivity index (χ0) is 10.4. The third-order valence-corrected chi connectivity index (χ3v) is 2.00. The van der Waals surface area contributed by atoms with E-state index in [1.165, 1.54) is 51.4 Å². The van der Waals surface area contributed by atoms with E-state index in [0.29, 0.717) is 0 Å². The zero-order valence-electron chi connectivity index (χ0n) is 9.73. The normalized spacial score (nSPS) is 15.8. The fourth-order valence-corrected chi connectivity index (χ4v) is 1.41. The van der Waals surface area contributed by atoms with E-state index in [-0.39, 0.29) is 0 Å². The Bertz CT molecular complexity index is 73.1. The van der Waals surface area contributed by atoms with Gasteiger partial charge in [0.15, 0.2) is 0 Å². The summed E-state index contributed by atoms with van der Waals surface area (Å²) in [5, 5.41) is 0. The van der Waals surface area contributed by atoms with Gasteiger partial charge in [0, 0.05) is 0 Å². The average molecular weight is 182 g/mol. The molecule has 78 valence electrons. The van der Waals surface area contributed by atoms with Crippen LogP contribution in [0.15, 0.2) is 0 Å². The van der Waals surface area contributed by atoms with E-state index in [2.05, 4.69) is 12.3 Å². The lowest BCUT2D eigenvalue weighted by Gasteiger charge is -2.05. The maximum Gasteiger partial charge on any atom is -0.00297 e. The molecule has 0 heterocycles. The smallest absolute Gasteiger partial charge is 0.00297 e. The van der Waals surface area contributed by atoms with E-state index in [4.69, 9.17) is 0 Å². The molecule has 0 nitrogen and oxygen atoms in total. The van der Waals surface area contributed by atoms with Gasteiger partial charge in [0.25, 0.3) is 0 Å². The number of hydrogen-bond donors (Lipinski definition) is 0. The molecule has 1 aliphatic rings. The molecule has 0 aromatic heterocycles. The molecule has 0 unspecified atom stereocenters. The highest BCUT2D eigenvalue weighted by Gasteiger charge is 1.95. The first-order chi connectivity index (χ1) is 6.41. The Kier molecular flexibility index (Phi) is 20.4. The van der Waals surface area contributed by atoms with Crippen LogP contribution in [0.4, 0.5) is 0 Å². The Balaban J connectivity index is 0. The van der Waals surface area contributed by atoms with E-state index in [1.807, 2.05) is 13.8 Å². The fourth-order valence-electron chi connectivity index (χ4n) is 1.41. The molecule has 0 radical (unpaired) electrons. The van der Waals surface area contributed by atoms with Crippen LogP contribution < -0.4 is 0 Å². The highest BCUT2D eigenvalue weighted by atomic mass is 14.0. The molecule has 1 fully saturated rings. The van der Waals surface area contributed by atoms with Crippen LogP contribution >= 0.6 is 0 Å². The van der Waals surface area contributed by atoms with Gasteiger partial charge in [-0.1, -0.05) is 65.2 Å². The minimum atomic E-state index is 1.50. The number of terminal acetylenes is 1. The third-order valence-electron chi connectivity index (χ3n) is 2.00. The van der Waals surface area contributed by atoms with E-state index in [1.54, 1.807) is 6.92 Å². The zero-order valence-corrected chi connectivity index (χ0v) is 9.73. The van der Waals surface area contributed by atoms with Gasteiger partial charge < -0.3 is 0 Å². The molecular formula is C13H26. The minimum absolute atomic E-state index is 1.50. The van der Waals surface area contributed by atoms with Gasteiger partial charge in [-0.05, 0) is 6.92 Å². The van der Waals surface area contributed by atoms with E-state index < -0.39 is 0 Å². The van der Waals surface area contributed by atoms with Gasteiger partial charge in [-0.3, -0.25) is 0 Å². The highest BCUT2D eigenvalue weighted by molar-refractivity contribution is 4.73. The monoisotopic (exact) mass is 182 g/mol. The predicted molar refractivity (Wildman–Crippen MR) is 62.8 cm³/mol. The van der Waals surface area contributed by atoms with Crippen molar-refractivity contribution in [1.82, 2.24) is 0 Å². The van der Waals surface area contributed by atoms with E-state index in [9.17, 15) is 0 Å². The summed E-state index contributed by atoms with van der Waals surface area (Å²) in [4.78, 5) is 0. The molecule has 13 heavy (non-hydrogen) atoms. The Labute approximate surface area is 85.1 Å². The van der Waals surface area contributed by atoms with Crippen LogP contribution in [0.1, 0.15) is 72.1 Å². The van der Waals surface area contributed by atoms with Crippen molar-refractivity contribution in [2.45, 2.75) is 72.1 Å². The maximum absolute atomic E-state index is 4.60. The molecule has 0 bridgehead atoms. The van der Waals surface area contributed by atoms with Crippen LogP contribution in [0.25, 0.3) is 0 Å². The summed E-state index contributed by atoms with van der Waals surface area (Å²) in [6.45, 7) is 5.65. The molecule has 0 N–H and O–H groups in total. The second-order valence-corrected chi connectivity index (χ2v) is 3.12. The molecule has 1 rings (SSSR count). The molecule has 0 heteroatoms. The Hall–Kier alpha value is -0.440. The summed E-state index contributed by atoms with van der Waals surface area (Å²) in [5.74, 6) is 2.25. The molecule has 0 saturated heterocycles. The number of hydrogen-bond acceptors (Lipinski definition) is 0. The molecular weight excluding hydrogens is 156 g/mol. The summed E-state index contributed by atoms with van der Waals surface area (Å²) in [5.41, 5.74) is 0. The van der Waals surface area contributed by atoms with Crippen molar-refractivity contribution in [2.24, 2.45) is 0 Å². The van der Waals surface area contributed by atoms with Gasteiger partial charge >= 0.3 is 0 Å². The molecule has 0 aliphatic heterocycles.